The number of nitrogen functional groups attached to an aromatic ring is 1. The van der Waals surface area contributed by atoms with Crippen molar-refractivity contribution in [2.24, 2.45) is 5.84 Å². The van der Waals surface area contributed by atoms with Crippen molar-refractivity contribution in [2.75, 3.05) is 44.6 Å². The molecule has 0 amide bonds. The van der Waals surface area contributed by atoms with E-state index in [0.717, 1.165) is 36.2 Å². The number of fused-ring (bicyclic) bond motifs is 1. The van der Waals surface area contributed by atoms with Gasteiger partial charge in [-0.3, -0.25) is 5.43 Å². The van der Waals surface area contributed by atoms with Crippen LogP contribution in [-0.4, -0.2) is 49.1 Å². The van der Waals surface area contributed by atoms with Gasteiger partial charge in [-0.25, -0.2) is 10.8 Å². The topological polar surface area (TPSA) is 70.3 Å². The highest BCUT2D eigenvalue weighted by atomic mass is 15.3. The van der Waals surface area contributed by atoms with Gasteiger partial charge >= 0.3 is 0 Å². The van der Waals surface area contributed by atoms with Gasteiger partial charge < -0.3 is 9.80 Å². The van der Waals surface area contributed by atoms with Gasteiger partial charge in [0.1, 0.15) is 5.82 Å². The molecule has 6 nitrogen and oxygen atoms in total. The first-order chi connectivity index (χ1) is 9.61. The third-order valence-corrected chi connectivity index (χ3v) is 3.17. The van der Waals surface area contributed by atoms with Crippen molar-refractivity contribution in [3.05, 3.63) is 24.3 Å². The molecule has 0 aliphatic heterocycles. The number of hydrogen-bond donors (Lipinski definition) is 2. The van der Waals surface area contributed by atoms with Crippen molar-refractivity contribution in [1.29, 1.82) is 0 Å². The van der Waals surface area contributed by atoms with Crippen LogP contribution in [0.15, 0.2) is 24.3 Å². The van der Waals surface area contributed by atoms with E-state index in [-0.39, 0.29) is 0 Å². The molecule has 0 atom stereocenters. The highest BCUT2D eigenvalue weighted by molar-refractivity contribution is 5.90. The second-order valence-corrected chi connectivity index (χ2v) is 5.11. The maximum absolute atomic E-state index is 5.45. The van der Waals surface area contributed by atoms with Gasteiger partial charge in [-0.1, -0.05) is 12.1 Å². The highest BCUT2D eigenvalue weighted by Gasteiger charge is 2.10. The molecule has 0 aliphatic rings. The van der Waals surface area contributed by atoms with E-state index in [2.05, 4.69) is 39.3 Å². The van der Waals surface area contributed by atoms with E-state index in [0.29, 0.717) is 5.95 Å². The molecule has 2 aromatic rings. The normalized spacial score (nSPS) is 11.1. The van der Waals surface area contributed by atoms with E-state index in [1.807, 2.05) is 31.3 Å². The van der Waals surface area contributed by atoms with Crippen LogP contribution >= 0.6 is 0 Å². The summed E-state index contributed by atoms with van der Waals surface area (Å²) < 4.78 is 0. The van der Waals surface area contributed by atoms with Crippen molar-refractivity contribution in [1.82, 2.24) is 14.9 Å². The maximum atomic E-state index is 5.45. The van der Waals surface area contributed by atoms with Crippen LogP contribution in [-0.2, 0) is 0 Å². The molecular weight excluding hydrogens is 252 g/mol. The number of rotatable bonds is 6. The van der Waals surface area contributed by atoms with Crippen LogP contribution in [0.4, 0.5) is 11.8 Å². The van der Waals surface area contributed by atoms with Crippen LogP contribution in [0.3, 0.4) is 0 Å². The van der Waals surface area contributed by atoms with Gasteiger partial charge in [0.05, 0.1) is 5.52 Å². The number of nitrogens with one attached hydrogen (secondary N) is 1. The Morgan fingerprint density at radius 3 is 2.55 bits per heavy atom. The van der Waals surface area contributed by atoms with Crippen molar-refractivity contribution in [3.63, 3.8) is 0 Å². The molecule has 0 saturated heterocycles. The highest BCUT2D eigenvalue weighted by Crippen LogP contribution is 2.24. The number of nitrogens with two attached hydrogens (primary N) is 1. The van der Waals surface area contributed by atoms with Crippen LogP contribution < -0.4 is 16.2 Å². The van der Waals surface area contributed by atoms with Gasteiger partial charge in [0, 0.05) is 19.0 Å². The third kappa shape index (κ3) is 3.34. The standard InChI is InChI=1S/C14H22N6/c1-19(2)9-6-10-20(3)13-11-7-4-5-8-12(11)16-14(17-13)18-15/h4-5,7-8H,6,9-10,15H2,1-3H3,(H,16,17,18). The van der Waals surface area contributed by atoms with Crippen LogP contribution in [0.1, 0.15) is 6.42 Å². The first kappa shape index (κ1) is 14.5. The number of anilines is 2. The lowest BCUT2D eigenvalue weighted by atomic mass is 10.2. The molecule has 0 fully saturated rings. The van der Waals surface area contributed by atoms with Gasteiger partial charge in [0.2, 0.25) is 5.95 Å². The van der Waals surface area contributed by atoms with Crippen LogP contribution in [0.5, 0.6) is 0 Å². The molecule has 1 aromatic heterocycles. The van der Waals surface area contributed by atoms with Crippen LogP contribution in [0.25, 0.3) is 10.9 Å². The zero-order chi connectivity index (χ0) is 14.5. The van der Waals surface area contributed by atoms with Gasteiger partial charge in [0.15, 0.2) is 0 Å². The lowest BCUT2D eigenvalue weighted by Crippen LogP contribution is -2.25. The fourth-order valence-electron chi connectivity index (χ4n) is 2.15. The lowest BCUT2D eigenvalue weighted by Gasteiger charge is -2.21. The molecule has 0 saturated carbocycles. The van der Waals surface area contributed by atoms with Gasteiger partial charge in [-0.05, 0) is 39.2 Å². The van der Waals surface area contributed by atoms with Crippen molar-refractivity contribution in [2.45, 2.75) is 6.42 Å². The molecule has 1 heterocycles. The Kier molecular flexibility index (Phi) is 4.70. The molecule has 2 rings (SSSR count). The smallest absolute Gasteiger partial charge is 0.239 e. The molecule has 20 heavy (non-hydrogen) atoms. The van der Waals surface area contributed by atoms with E-state index in [4.69, 9.17) is 5.84 Å². The second-order valence-electron chi connectivity index (χ2n) is 5.11. The molecule has 0 radical (unpaired) electrons. The van der Waals surface area contributed by atoms with Crippen molar-refractivity contribution in [3.8, 4) is 0 Å². The lowest BCUT2D eigenvalue weighted by molar-refractivity contribution is 0.401. The van der Waals surface area contributed by atoms with Gasteiger partial charge in [-0.15, -0.1) is 0 Å². The monoisotopic (exact) mass is 274 g/mol. The average molecular weight is 274 g/mol. The molecular formula is C14H22N6. The fourth-order valence-corrected chi connectivity index (χ4v) is 2.15. The molecule has 1 aromatic carbocycles. The number of hydrogen-bond acceptors (Lipinski definition) is 6. The fraction of sp³-hybridized carbons (Fsp3) is 0.429. The minimum Gasteiger partial charge on any atom is -0.359 e. The number of para-hydroxylation sites is 1. The van der Waals surface area contributed by atoms with E-state index in [1.165, 1.54) is 0 Å². The summed E-state index contributed by atoms with van der Waals surface area (Å²) in [6.07, 6.45) is 1.08. The summed E-state index contributed by atoms with van der Waals surface area (Å²) in [4.78, 5) is 13.2. The Balaban J connectivity index is 2.27. The number of nitrogens with zero attached hydrogens (tertiary/aromatic N) is 4. The number of hydrazine groups is 1. The van der Waals surface area contributed by atoms with Crippen molar-refractivity contribution >= 4 is 22.7 Å². The minimum atomic E-state index is 0.443. The zero-order valence-electron chi connectivity index (χ0n) is 12.3. The van der Waals surface area contributed by atoms with Gasteiger partial charge in [0.25, 0.3) is 0 Å². The van der Waals surface area contributed by atoms with Crippen LogP contribution in [0, 0.1) is 0 Å². The first-order valence-electron chi connectivity index (χ1n) is 6.71. The van der Waals surface area contributed by atoms with E-state index < -0.39 is 0 Å². The summed E-state index contributed by atoms with van der Waals surface area (Å²) in [6.45, 7) is 1.98. The van der Waals surface area contributed by atoms with E-state index in [9.17, 15) is 0 Å². The Hall–Kier alpha value is -1.92. The Labute approximate surface area is 119 Å². The summed E-state index contributed by atoms with van der Waals surface area (Å²) in [6, 6.07) is 7.96. The summed E-state index contributed by atoms with van der Waals surface area (Å²) in [5, 5.41) is 1.04. The first-order valence-corrected chi connectivity index (χ1v) is 6.71. The van der Waals surface area contributed by atoms with Crippen molar-refractivity contribution < 1.29 is 0 Å². The number of aromatic nitrogens is 2. The summed E-state index contributed by atoms with van der Waals surface area (Å²) in [7, 11) is 6.21. The predicted octanol–water partition coefficient (Wildman–Crippen LogP) is 1.30. The molecule has 0 aliphatic carbocycles. The molecule has 3 N–H and O–H groups in total. The zero-order valence-corrected chi connectivity index (χ0v) is 12.3. The number of benzene rings is 1. The van der Waals surface area contributed by atoms with Crippen LogP contribution in [0.2, 0.25) is 0 Å². The molecule has 0 unspecified atom stereocenters. The predicted molar refractivity (Wildman–Crippen MR) is 83.8 cm³/mol. The SMILES string of the molecule is CN(C)CCCN(C)c1nc(NN)nc2ccccc12. The molecule has 0 spiro atoms. The molecule has 0 bridgehead atoms. The van der Waals surface area contributed by atoms with E-state index >= 15 is 0 Å². The summed E-state index contributed by atoms with van der Waals surface area (Å²) >= 11 is 0. The summed E-state index contributed by atoms with van der Waals surface area (Å²) in [5.41, 5.74) is 3.43. The Bertz CT molecular complexity index is 569. The average Bonchev–Trinajstić information content (AvgIpc) is 2.45. The Morgan fingerprint density at radius 1 is 1.10 bits per heavy atom. The van der Waals surface area contributed by atoms with E-state index in [1.54, 1.807) is 0 Å². The summed E-state index contributed by atoms with van der Waals surface area (Å²) in [5.74, 6) is 6.80. The largest absolute Gasteiger partial charge is 0.359 e. The minimum absolute atomic E-state index is 0.443. The van der Waals surface area contributed by atoms with Gasteiger partial charge in [-0.2, -0.15) is 4.98 Å². The molecule has 108 valence electrons. The molecule has 6 heteroatoms. The Morgan fingerprint density at radius 2 is 1.85 bits per heavy atom. The third-order valence-electron chi connectivity index (χ3n) is 3.17. The quantitative estimate of drug-likeness (QED) is 0.611. The maximum Gasteiger partial charge on any atom is 0.239 e. The second kappa shape index (κ2) is 6.49.